The van der Waals surface area contributed by atoms with Crippen molar-refractivity contribution in [3.8, 4) is 0 Å². The number of anilines is 1. The lowest BCUT2D eigenvalue weighted by Gasteiger charge is -1.98. The molecule has 0 aliphatic rings. The van der Waals surface area contributed by atoms with Gasteiger partial charge in [-0.25, -0.2) is 5.84 Å². The number of aryl methyl sites for hydroxylation is 1. The first-order valence-electron chi connectivity index (χ1n) is 3.03. The number of nitrogens with one attached hydrogen (secondary N) is 1. The quantitative estimate of drug-likeness (QED) is 0.547. The number of hydrazine groups is 1. The molecular formula is C5H8ClF3N4. The highest BCUT2D eigenvalue weighted by Crippen LogP contribution is 2.29. The maximum absolute atomic E-state index is 12.0. The number of nitrogens with zero attached hydrogens (tertiary/aromatic N) is 2. The monoisotopic (exact) mass is 216 g/mol. The van der Waals surface area contributed by atoms with Gasteiger partial charge in [-0.2, -0.15) is 18.3 Å². The van der Waals surface area contributed by atoms with Crippen LogP contribution in [-0.2, 0) is 13.2 Å². The average Bonchev–Trinajstić information content (AvgIpc) is 2.29. The van der Waals surface area contributed by atoms with Crippen LogP contribution in [0.3, 0.4) is 0 Å². The Kier molecular flexibility index (Phi) is 3.56. The minimum atomic E-state index is -4.42. The third-order valence-corrected chi connectivity index (χ3v) is 1.32. The van der Waals surface area contributed by atoms with Crippen LogP contribution in [0.4, 0.5) is 19.0 Å². The molecule has 0 atom stereocenters. The molecule has 0 aliphatic carbocycles. The Hall–Kier alpha value is -0.950. The van der Waals surface area contributed by atoms with Crippen molar-refractivity contribution in [1.29, 1.82) is 0 Å². The summed E-state index contributed by atoms with van der Waals surface area (Å²) in [5, 5.41) is 3.20. The summed E-state index contributed by atoms with van der Waals surface area (Å²) in [5.74, 6) is 5.04. The van der Waals surface area contributed by atoms with Gasteiger partial charge in [0.1, 0.15) is 5.82 Å². The molecule has 1 rings (SSSR count). The molecule has 1 aromatic heterocycles. The fraction of sp³-hybridized carbons (Fsp3) is 0.400. The summed E-state index contributed by atoms with van der Waals surface area (Å²) in [7, 11) is 1.37. The number of rotatable bonds is 1. The summed E-state index contributed by atoms with van der Waals surface area (Å²) in [4.78, 5) is 0. The van der Waals surface area contributed by atoms with Crippen molar-refractivity contribution in [3.63, 3.8) is 0 Å². The molecule has 1 aromatic rings. The van der Waals surface area contributed by atoms with Gasteiger partial charge < -0.3 is 5.43 Å². The average molecular weight is 217 g/mol. The van der Waals surface area contributed by atoms with Crippen LogP contribution < -0.4 is 11.3 Å². The van der Waals surface area contributed by atoms with Crippen molar-refractivity contribution in [1.82, 2.24) is 9.78 Å². The van der Waals surface area contributed by atoms with Crippen LogP contribution in [0.1, 0.15) is 5.69 Å². The predicted molar refractivity (Wildman–Crippen MR) is 43.3 cm³/mol. The number of nitrogens with two attached hydrogens (primary N) is 1. The zero-order valence-electron chi connectivity index (χ0n) is 6.59. The molecule has 0 spiro atoms. The van der Waals surface area contributed by atoms with Crippen molar-refractivity contribution < 1.29 is 13.2 Å². The van der Waals surface area contributed by atoms with E-state index in [2.05, 4.69) is 10.5 Å². The molecule has 8 heteroatoms. The molecule has 0 fully saturated rings. The number of alkyl halides is 3. The molecular weight excluding hydrogens is 209 g/mol. The number of aromatic nitrogens is 2. The van der Waals surface area contributed by atoms with E-state index in [1.165, 1.54) is 7.05 Å². The van der Waals surface area contributed by atoms with Crippen LogP contribution in [0.15, 0.2) is 6.07 Å². The van der Waals surface area contributed by atoms with E-state index in [0.717, 1.165) is 10.7 Å². The molecule has 76 valence electrons. The smallest absolute Gasteiger partial charge is 0.309 e. The van der Waals surface area contributed by atoms with E-state index in [-0.39, 0.29) is 18.2 Å². The van der Waals surface area contributed by atoms with Gasteiger partial charge in [-0.05, 0) is 0 Å². The molecule has 0 aromatic carbocycles. The molecule has 0 saturated carbocycles. The van der Waals surface area contributed by atoms with Crippen LogP contribution in [0, 0.1) is 0 Å². The number of hydrogen-bond acceptors (Lipinski definition) is 3. The molecule has 4 nitrogen and oxygen atoms in total. The van der Waals surface area contributed by atoms with E-state index in [0.29, 0.717) is 0 Å². The van der Waals surface area contributed by atoms with Gasteiger partial charge in [-0.1, -0.05) is 0 Å². The molecule has 3 N–H and O–H groups in total. The summed E-state index contributed by atoms with van der Waals surface area (Å²) in [6.45, 7) is 0. The van der Waals surface area contributed by atoms with Crippen LogP contribution in [0.5, 0.6) is 0 Å². The predicted octanol–water partition coefficient (Wildman–Crippen LogP) is 1.15. The third kappa shape index (κ3) is 2.49. The standard InChI is InChI=1S/C5H7F3N4.ClH/c1-12-4(10-9)2-3(11-12)5(6,7)8;/h2,10H,9H2,1H3;1H. The lowest BCUT2D eigenvalue weighted by Crippen LogP contribution is -2.10. The highest BCUT2D eigenvalue weighted by Gasteiger charge is 2.34. The summed E-state index contributed by atoms with van der Waals surface area (Å²) >= 11 is 0. The SMILES string of the molecule is Cl.Cn1nc(C(F)(F)F)cc1NN. The molecule has 0 aliphatic heterocycles. The Morgan fingerprint density at radius 2 is 2.08 bits per heavy atom. The number of hydrogen-bond donors (Lipinski definition) is 2. The summed E-state index contributed by atoms with van der Waals surface area (Å²) in [5.41, 5.74) is 1.13. The number of nitrogen functional groups attached to an aromatic ring is 1. The maximum Gasteiger partial charge on any atom is 0.435 e. The topological polar surface area (TPSA) is 55.9 Å². The third-order valence-electron chi connectivity index (χ3n) is 1.32. The van der Waals surface area contributed by atoms with Crippen LogP contribution in [-0.4, -0.2) is 9.78 Å². The Morgan fingerprint density at radius 3 is 2.31 bits per heavy atom. The second-order valence-electron chi connectivity index (χ2n) is 2.18. The molecule has 0 unspecified atom stereocenters. The van der Waals surface area contributed by atoms with Gasteiger partial charge in [0.2, 0.25) is 0 Å². The summed E-state index contributed by atoms with van der Waals surface area (Å²) in [6.07, 6.45) is -4.42. The molecule has 0 amide bonds. The molecule has 0 radical (unpaired) electrons. The Balaban J connectivity index is 0.00000144. The molecule has 0 bridgehead atoms. The summed E-state index contributed by atoms with van der Waals surface area (Å²) < 4.78 is 36.9. The van der Waals surface area contributed by atoms with Crippen molar-refractivity contribution >= 4 is 18.2 Å². The number of halogens is 4. The fourth-order valence-corrected chi connectivity index (χ4v) is 0.741. The minimum absolute atomic E-state index is 0. The van der Waals surface area contributed by atoms with Gasteiger partial charge in [0, 0.05) is 13.1 Å². The van der Waals surface area contributed by atoms with E-state index in [1.54, 1.807) is 0 Å². The Labute approximate surface area is 78.3 Å². The van der Waals surface area contributed by atoms with Crippen LogP contribution in [0.2, 0.25) is 0 Å². The first-order chi connectivity index (χ1) is 5.45. The van der Waals surface area contributed by atoms with Gasteiger partial charge in [0.05, 0.1) is 0 Å². The van der Waals surface area contributed by atoms with E-state index in [4.69, 9.17) is 5.84 Å². The molecule has 1 heterocycles. The van der Waals surface area contributed by atoms with E-state index >= 15 is 0 Å². The summed E-state index contributed by atoms with van der Waals surface area (Å²) in [6, 6.07) is 0.833. The first-order valence-corrected chi connectivity index (χ1v) is 3.03. The maximum atomic E-state index is 12.0. The fourth-order valence-electron chi connectivity index (χ4n) is 0.741. The molecule has 13 heavy (non-hydrogen) atoms. The van der Waals surface area contributed by atoms with Gasteiger partial charge in [-0.15, -0.1) is 12.4 Å². The zero-order chi connectivity index (χ0) is 9.35. The largest absolute Gasteiger partial charge is 0.435 e. The van der Waals surface area contributed by atoms with Crippen molar-refractivity contribution in [2.75, 3.05) is 5.43 Å². The lowest BCUT2D eigenvalue weighted by molar-refractivity contribution is -0.141. The van der Waals surface area contributed by atoms with Crippen LogP contribution >= 0.6 is 12.4 Å². The second-order valence-corrected chi connectivity index (χ2v) is 2.18. The first kappa shape index (κ1) is 12.0. The van der Waals surface area contributed by atoms with Crippen LogP contribution in [0.25, 0.3) is 0 Å². The highest BCUT2D eigenvalue weighted by molar-refractivity contribution is 5.85. The lowest BCUT2D eigenvalue weighted by atomic mass is 10.4. The van der Waals surface area contributed by atoms with Crippen molar-refractivity contribution in [2.45, 2.75) is 6.18 Å². The Morgan fingerprint density at radius 1 is 1.54 bits per heavy atom. The Bertz CT molecular complexity index is 282. The highest BCUT2D eigenvalue weighted by atomic mass is 35.5. The van der Waals surface area contributed by atoms with Gasteiger partial charge in [0.25, 0.3) is 0 Å². The van der Waals surface area contributed by atoms with Gasteiger partial charge in [-0.3, -0.25) is 4.68 Å². The van der Waals surface area contributed by atoms with Crippen molar-refractivity contribution in [2.24, 2.45) is 12.9 Å². The van der Waals surface area contributed by atoms with Gasteiger partial charge in [0.15, 0.2) is 5.69 Å². The second kappa shape index (κ2) is 3.84. The van der Waals surface area contributed by atoms with Crippen molar-refractivity contribution in [3.05, 3.63) is 11.8 Å². The van der Waals surface area contributed by atoms with E-state index < -0.39 is 11.9 Å². The van der Waals surface area contributed by atoms with E-state index in [1.807, 2.05) is 0 Å². The minimum Gasteiger partial charge on any atom is -0.309 e. The normalized spacial score (nSPS) is 10.8. The molecule has 0 saturated heterocycles. The van der Waals surface area contributed by atoms with Gasteiger partial charge >= 0.3 is 6.18 Å². The van der Waals surface area contributed by atoms with E-state index in [9.17, 15) is 13.2 Å². The zero-order valence-corrected chi connectivity index (χ0v) is 7.41.